The van der Waals surface area contributed by atoms with E-state index in [1.165, 1.54) is 0 Å². The van der Waals surface area contributed by atoms with Crippen molar-refractivity contribution in [2.75, 3.05) is 13.1 Å². The second kappa shape index (κ2) is 13.6. The first-order valence-corrected chi connectivity index (χ1v) is 15.3. The molecular formula is C35H38ClN5O3. The summed E-state index contributed by atoms with van der Waals surface area (Å²) in [5, 5.41) is 4.79. The van der Waals surface area contributed by atoms with E-state index in [2.05, 4.69) is 36.9 Å². The molecule has 2 fully saturated rings. The number of halogens is 1. The van der Waals surface area contributed by atoms with E-state index < -0.39 is 24.2 Å². The first kappa shape index (κ1) is 31.3. The van der Waals surface area contributed by atoms with Gasteiger partial charge in [-0.15, -0.1) is 6.42 Å². The molecule has 0 spiro atoms. The summed E-state index contributed by atoms with van der Waals surface area (Å²) in [6.45, 7) is 5.41. The van der Waals surface area contributed by atoms with Crippen LogP contribution >= 0.6 is 11.6 Å². The van der Waals surface area contributed by atoms with Crippen LogP contribution in [0.25, 0.3) is 0 Å². The minimum atomic E-state index is -0.653. The van der Waals surface area contributed by atoms with Gasteiger partial charge in [-0.05, 0) is 59.7 Å². The summed E-state index contributed by atoms with van der Waals surface area (Å²) in [6.07, 6.45) is 6.41. The van der Waals surface area contributed by atoms with E-state index in [9.17, 15) is 14.4 Å². The Balaban J connectivity index is 1.57. The first-order valence-electron chi connectivity index (χ1n) is 14.9. The van der Waals surface area contributed by atoms with Gasteiger partial charge in [-0.2, -0.15) is 0 Å². The molecule has 0 aromatic heterocycles. The zero-order valence-electron chi connectivity index (χ0n) is 25.1. The third kappa shape index (κ3) is 6.81. The van der Waals surface area contributed by atoms with Crippen LogP contribution in [0, 0.1) is 18.3 Å². The smallest absolute Gasteiger partial charge is 0.248 e. The summed E-state index contributed by atoms with van der Waals surface area (Å²) in [4.78, 5) is 44.3. The zero-order valence-corrected chi connectivity index (χ0v) is 25.9. The number of rotatable bonds is 10. The Hall–Kier alpha value is -4.16. The average Bonchev–Trinajstić information content (AvgIpc) is 3.00. The van der Waals surface area contributed by atoms with Crippen molar-refractivity contribution in [1.29, 1.82) is 0 Å². The Morgan fingerprint density at radius 2 is 1.61 bits per heavy atom. The number of nitrogens with two attached hydrogens (primary N) is 1. The molecule has 2 heterocycles. The molecule has 5 rings (SSSR count). The molecule has 9 heteroatoms. The minimum Gasteiger partial charge on any atom is -0.366 e. The number of benzene rings is 3. The van der Waals surface area contributed by atoms with Crippen molar-refractivity contribution < 1.29 is 14.4 Å². The summed E-state index contributed by atoms with van der Waals surface area (Å²) in [5.74, 6) is 2.20. The second-order valence-electron chi connectivity index (χ2n) is 11.9. The van der Waals surface area contributed by atoms with Crippen molar-refractivity contribution in [1.82, 2.24) is 19.8 Å². The molecule has 3 atom stereocenters. The predicted octanol–water partition coefficient (Wildman–Crippen LogP) is 4.33. The fourth-order valence-electron chi connectivity index (χ4n) is 6.24. The van der Waals surface area contributed by atoms with Gasteiger partial charge in [0, 0.05) is 23.7 Å². The highest BCUT2D eigenvalue weighted by molar-refractivity contribution is 6.30. The van der Waals surface area contributed by atoms with Crippen LogP contribution in [-0.2, 0) is 29.1 Å². The van der Waals surface area contributed by atoms with Gasteiger partial charge in [0.05, 0.1) is 13.1 Å². The van der Waals surface area contributed by atoms with E-state index in [1.54, 1.807) is 23.1 Å². The van der Waals surface area contributed by atoms with Crippen molar-refractivity contribution in [3.8, 4) is 12.3 Å². The number of amides is 3. The highest BCUT2D eigenvalue weighted by Crippen LogP contribution is 2.34. The van der Waals surface area contributed by atoms with Crippen LogP contribution in [-0.4, -0.2) is 68.9 Å². The van der Waals surface area contributed by atoms with Crippen LogP contribution in [0.5, 0.6) is 0 Å². The third-order valence-electron chi connectivity index (χ3n) is 8.27. The number of carbonyl (C=O) groups is 3. The van der Waals surface area contributed by atoms with Crippen LogP contribution in [0.1, 0.15) is 47.3 Å². The molecule has 0 bridgehead atoms. The monoisotopic (exact) mass is 611 g/mol. The van der Waals surface area contributed by atoms with Crippen LogP contribution < -0.4 is 5.73 Å². The molecule has 3 amide bonds. The molecule has 0 aliphatic carbocycles. The lowest BCUT2D eigenvalue weighted by atomic mass is 9.93. The van der Waals surface area contributed by atoms with Crippen molar-refractivity contribution in [3.63, 3.8) is 0 Å². The summed E-state index contributed by atoms with van der Waals surface area (Å²) in [6, 6.07) is 23.3. The Kier molecular flexibility index (Phi) is 9.70. The van der Waals surface area contributed by atoms with Crippen LogP contribution in [0.2, 0.25) is 5.02 Å². The lowest BCUT2D eigenvalue weighted by Crippen LogP contribution is -2.77. The number of terminal acetylenes is 1. The molecule has 0 saturated carbocycles. The van der Waals surface area contributed by atoms with E-state index in [1.807, 2.05) is 58.4 Å². The second-order valence-corrected chi connectivity index (χ2v) is 12.3. The van der Waals surface area contributed by atoms with E-state index in [-0.39, 0.29) is 37.4 Å². The van der Waals surface area contributed by atoms with Gasteiger partial charge in [-0.1, -0.05) is 86.0 Å². The van der Waals surface area contributed by atoms with E-state index in [4.69, 9.17) is 23.8 Å². The molecule has 2 aliphatic heterocycles. The van der Waals surface area contributed by atoms with Gasteiger partial charge in [-0.3, -0.25) is 14.4 Å². The maximum absolute atomic E-state index is 14.6. The largest absolute Gasteiger partial charge is 0.366 e. The van der Waals surface area contributed by atoms with Crippen molar-refractivity contribution >= 4 is 29.3 Å². The Bertz CT molecular complexity index is 1540. The molecule has 1 unspecified atom stereocenters. The predicted molar refractivity (Wildman–Crippen MR) is 171 cm³/mol. The fraction of sp³-hybridized carbons (Fsp3) is 0.343. The van der Waals surface area contributed by atoms with Crippen LogP contribution in [0.15, 0.2) is 78.9 Å². The van der Waals surface area contributed by atoms with Gasteiger partial charge in [-0.25, -0.2) is 10.0 Å². The number of nitrogens with zero attached hydrogens (tertiary/aromatic N) is 4. The third-order valence-corrected chi connectivity index (χ3v) is 8.53. The molecule has 44 heavy (non-hydrogen) atoms. The standard InChI is InChI=1S/C35H38ClN5O3/c1-4-17-39-30(20-25-13-15-29(36)16-14-25)35(44)41-31(18-24(2)3)34(43)38(21-27-11-8-12-28(19-27)33(37)42)23-32(41)40(39)22-26-9-6-5-7-10-26/h1,5-16,19,24,30-32H,17-18,20-23H2,2-3H3,(H2,37,42)/t30?,31-,32+/m0/s1. The summed E-state index contributed by atoms with van der Waals surface area (Å²) >= 11 is 6.16. The molecule has 2 saturated heterocycles. The Morgan fingerprint density at radius 3 is 2.27 bits per heavy atom. The summed E-state index contributed by atoms with van der Waals surface area (Å²) in [5.41, 5.74) is 8.73. The number of fused-ring (bicyclic) bond motifs is 1. The van der Waals surface area contributed by atoms with Gasteiger partial charge >= 0.3 is 0 Å². The maximum atomic E-state index is 14.6. The minimum absolute atomic E-state index is 0.108. The fourth-order valence-corrected chi connectivity index (χ4v) is 6.37. The highest BCUT2D eigenvalue weighted by atomic mass is 35.5. The van der Waals surface area contributed by atoms with Gasteiger partial charge < -0.3 is 15.5 Å². The van der Waals surface area contributed by atoms with Crippen LogP contribution in [0.4, 0.5) is 0 Å². The van der Waals surface area contributed by atoms with Gasteiger partial charge in [0.1, 0.15) is 18.2 Å². The number of piperazine rings is 1. The quantitative estimate of drug-likeness (QED) is 0.345. The van der Waals surface area contributed by atoms with Crippen molar-refractivity contribution in [3.05, 3.63) is 106 Å². The maximum Gasteiger partial charge on any atom is 0.248 e. The number of hydrogen-bond acceptors (Lipinski definition) is 5. The molecule has 8 nitrogen and oxygen atoms in total. The topological polar surface area (TPSA) is 90.2 Å². The summed E-state index contributed by atoms with van der Waals surface area (Å²) in [7, 11) is 0. The molecule has 0 radical (unpaired) electrons. The summed E-state index contributed by atoms with van der Waals surface area (Å²) < 4.78 is 0. The van der Waals surface area contributed by atoms with Crippen molar-refractivity contribution in [2.24, 2.45) is 11.7 Å². The van der Waals surface area contributed by atoms with E-state index >= 15 is 0 Å². The lowest BCUT2D eigenvalue weighted by Gasteiger charge is -2.58. The first-order chi connectivity index (χ1) is 21.2. The Labute approximate surface area is 264 Å². The number of primary amides is 1. The molecule has 3 aromatic rings. The number of hydrazine groups is 1. The van der Waals surface area contributed by atoms with Gasteiger partial charge in [0.15, 0.2) is 0 Å². The van der Waals surface area contributed by atoms with Gasteiger partial charge in [0.25, 0.3) is 0 Å². The lowest BCUT2D eigenvalue weighted by molar-refractivity contribution is -0.218. The molecule has 2 aliphatic rings. The Morgan fingerprint density at radius 1 is 0.909 bits per heavy atom. The van der Waals surface area contributed by atoms with Gasteiger partial charge in [0.2, 0.25) is 17.7 Å². The highest BCUT2D eigenvalue weighted by Gasteiger charge is 2.53. The van der Waals surface area contributed by atoms with E-state index in [0.717, 1.165) is 16.7 Å². The molecule has 228 valence electrons. The molecule has 3 aromatic carbocycles. The SMILES string of the molecule is C#CCN1C(Cc2ccc(Cl)cc2)C(=O)N2[C@@H](CC(C)C)C(=O)N(Cc3cccc(C(N)=O)c3)C[C@@H]2N1Cc1ccccc1. The average molecular weight is 612 g/mol. The van der Waals surface area contributed by atoms with Crippen molar-refractivity contribution in [2.45, 2.75) is 58.0 Å². The number of carbonyl (C=O) groups excluding carboxylic acids is 3. The number of hydrogen-bond donors (Lipinski definition) is 1. The normalized spacial score (nSPS) is 20.9. The zero-order chi connectivity index (χ0) is 31.4. The molecule has 2 N–H and O–H groups in total. The molecular weight excluding hydrogens is 574 g/mol. The van der Waals surface area contributed by atoms with Crippen LogP contribution in [0.3, 0.4) is 0 Å². The van der Waals surface area contributed by atoms with E-state index in [0.29, 0.717) is 30.0 Å².